The van der Waals surface area contributed by atoms with Crippen LogP contribution in [0.25, 0.3) is 0 Å². The van der Waals surface area contributed by atoms with E-state index in [2.05, 4.69) is 41.5 Å². The normalized spacial score (nSPS) is 31.8. The lowest BCUT2D eigenvalue weighted by atomic mass is 9.73. The molecule has 3 heteroatoms. The fourth-order valence-corrected chi connectivity index (χ4v) is 6.69. The van der Waals surface area contributed by atoms with Crippen molar-refractivity contribution in [3.8, 4) is 0 Å². The molecule has 0 unspecified atom stereocenters. The molecule has 0 atom stereocenters. The summed E-state index contributed by atoms with van der Waals surface area (Å²) >= 11 is 0. The van der Waals surface area contributed by atoms with Crippen LogP contribution in [0.2, 0.25) is 0 Å². The van der Waals surface area contributed by atoms with Crippen molar-refractivity contribution in [1.29, 1.82) is 0 Å². The molecular formula is C18H33O2P. The van der Waals surface area contributed by atoms with E-state index in [1.54, 1.807) is 0 Å². The van der Waals surface area contributed by atoms with Crippen LogP contribution in [0.15, 0.2) is 22.8 Å². The fourth-order valence-electron chi connectivity index (χ4n) is 2.98. The van der Waals surface area contributed by atoms with E-state index in [-0.39, 0.29) is 16.2 Å². The molecule has 1 rings (SSSR count). The van der Waals surface area contributed by atoms with Crippen LogP contribution in [0, 0.1) is 16.2 Å². The highest BCUT2D eigenvalue weighted by atomic mass is 31.2. The third-order valence-electron chi connectivity index (χ3n) is 4.37. The molecule has 1 heterocycles. The number of allylic oxidation sites excluding steroid dienone is 2. The van der Waals surface area contributed by atoms with Crippen LogP contribution in [-0.2, 0) is 4.57 Å². The van der Waals surface area contributed by atoms with Crippen LogP contribution in [0.5, 0.6) is 0 Å². The molecule has 0 saturated heterocycles. The predicted molar refractivity (Wildman–Crippen MR) is 93.0 cm³/mol. The Kier molecular flexibility index (Phi) is 4.31. The second-order valence-electron chi connectivity index (χ2n) is 9.56. The van der Waals surface area contributed by atoms with Crippen LogP contribution >= 0.6 is 7.14 Å². The molecule has 1 aliphatic heterocycles. The predicted octanol–water partition coefficient (Wildman–Crippen LogP) is 5.63. The first kappa shape index (κ1) is 18.7. The Balaban J connectivity index is 3.74. The van der Waals surface area contributed by atoms with E-state index in [1.165, 1.54) is 0 Å². The summed E-state index contributed by atoms with van der Waals surface area (Å²) in [4.78, 5) is 0. The van der Waals surface area contributed by atoms with Crippen molar-refractivity contribution < 1.29 is 9.67 Å². The van der Waals surface area contributed by atoms with Gasteiger partial charge in [-0.2, -0.15) is 0 Å². The minimum Gasteiger partial charge on any atom is -0.381 e. The van der Waals surface area contributed by atoms with E-state index >= 15 is 0 Å². The van der Waals surface area contributed by atoms with Crippen molar-refractivity contribution in [2.45, 2.75) is 67.9 Å². The molecule has 0 aliphatic carbocycles. The van der Waals surface area contributed by atoms with Gasteiger partial charge >= 0.3 is 0 Å². The van der Waals surface area contributed by atoms with Crippen LogP contribution < -0.4 is 0 Å². The summed E-state index contributed by atoms with van der Waals surface area (Å²) in [5.74, 6) is 0. The molecule has 2 nitrogen and oxygen atoms in total. The van der Waals surface area contributed by atoms with Gasteiger partial charge in [0.2, 0.25) is 0 Å². The molecule has 1 aliphatic rings. The Morgan fingerprint density at radius 3 is 1.33 bits per heavy atom. The average Bonchev–Trinajstić information content (AvgIpc) is 2.16. The Morgan fingerprint density at radius 1 is 0.857 bits per heavy atom. The van der Waals surface area contributed by atoms with E-state index in [4.69, 9.17) is 0 Å². The van der Waals surface area contributed by atoms with Crippen LogP contribution in [0.1, 0.15) is 62.3 Å². The lowest BCUT2D eigenvalue weighted by Crippen LogP contribution is -2.42. The van der Waals surface area contributed by atoms with E-state index in [9.17, 15) is 9.67 Å². The second kappa shape index (κ2) is 4.83. The molecule has 0 saturated carbocycles. The van der Waals surface area contributed by atoms with Crippen LogP contribution in [0.3, 0.4) is 0 Å². The topological polar surface area (TPSA) is 37.3 Å². The molecule has 0 spiro atoms. The number of rotatable bonds is 0. The summed E-state index contributed by atoms with van der Waals surface area (Å²) in [5, 5.41) is 13.0. The second-order valence-corrected chi connectivity index (χ2v) is 12.4. The average molecular weight is 312 g/mol. The van der Waals surface area contributed by atoms with Gasteiger partial charge in [-0.05, 0) is 45.7 Å². The Morgan fingerprint density at radius 2 is 1.14 bits per heavy atom. The van der Waals surface area contributed by atoms with E-state index < -0.39 is 12.7 Å². The zero-order chi connectivity index (χ0) is 17.1. The third-order valence-corrected chi connectivity index (χ3v) is 7.81. The summed E-state index contributed by atoms with van der Waals surface area (Å²) in [5.41, 5.74) is -1.87. The monoisotopic (exact) mass is 312 g/mol. The van der Waals surface area contributed by atoms with Crippen molar-refractivity contribution in [3.63, 3.8) is 0 Å². The van der Waals surface area contributed by atoms with E-state index in [0.717, 1.165) is 10.6 Å². The molecular weight excluding hydrogens is 279 g/mol. The van der Waals surface area contributed by atoms with E-state index in [1.807, 2.05) is 39.6 Å². The molecule has 0 fully saturated rings. The molecule has 0 radical (unpaired) electrons. The quantitative estimate of drug-likeness (QED) is 0.588. The van der Waals surface area contributed by atoms with Gasteiger partial charge in [0.1, 0.15) is 12.7 Å². The number of hydrogen-bond donors (Lipinski definition) is 1. The lowest BCUT2D eigenvalue weighted by Gasteiger charge is -2.46. The summed E-state index contributed by atoms with van der Waals surface area (Å²) in [6.07, 6.45) is 3.73. The van der Waals surface area contributed by atoms with Crippen LogP contribution in [0.4, 0.5) is 0 Å². The van der Waals surface area contributed by atoms with Crippen LogP contribution in [-0.4, -0.2) is 17.4 Å². The zero-order valence-corrected chi connectivity index (χ0v) is 16.4. The Hall–Kier alpha value is -0.330. The highest BCUT2D eigenvalue weighted by molar-refractivity contribution is 7.71. The van der Waals surface area contributed by atoms with Gasteiger partial charge in [0.25, 0.3) is 0 Å². The van der Waals surface area contributed by atoms with Crippen molar-refractivity contribution >= 4 is 7.14 Å². The fraction of sp³-hybridized carbons (Fsp3) is 0.778. The highest BCUT2D eigenvalue weighted by Crippen LogP contribution is 2.70. The lowest BCUT2D eigenvalue weighted by molar-refractivity contribution is 0.0279. The molecule has 0 amide bonds. The van der Waals surface area contributed by atoms with Gasteiger partial charge in [-0.3, -0.25) is 0 Å². The van der Waals surface area contributed by atoms with Gasteiger partial charge in [0.15, 0.2) is 0 Å². The standard InChI is InChI=1S/C18H33O2P/c1-15(2,3)13-11-18(19,17(7,8)9)12-14(16(4,5)6)21(13,10)20/h11-12,19H,1-10H3. The summed E-state index contributed by atoms with van der Waals surface area (Å²) in [6.45, 7) is 20.3. The van der Waals surface area contributed by atoms with Gasteiger partial charge in [-0.1, -0.05) is 62.3 Å². The van der Waals surface area contributed by atoms with Crippen molar-refractivity contribution in [1.82, 2.24) is 0 Å². The van der Waals surface area contributed by atoms with Gasteiger partial charge < -0.3 is 9.67 Å². The minimum atomic E-state index is -2.64. The number of hydrogen-bond acceptors (Lipinski definition) is 2. The van der Waals surface area contributed by atoms with Crippen molar-refractivity contribution in [2.24, 2.45) is 16.2 Å². The maximum Gasteiger partial charge on any atom is 0.133 e. The Bertz CT molecular complexity index is 495. The molecule has 0 bridgehead atoms. The minimum absolute atomic E-state index is 0.228. The molecule has 0 aromatic rings. The van der Waals surface area contributed by atoms with Crippen molar-refractivity contribution in [3.05, 3.63) is 22.8 Å². The maximum atomic E-state index is 13.6. The van der Waals surface area contributed by atoms with Gasteiger partial charge in [-0.15, -0.1) is 0 Å². The maximum absolute atomic E-state index is 13.6. The van der Waals surface area contributed by atoms with Gasteiger partial charge in [0, 0.05) is 0 Å². The highest BCUT2D eigenvalue weighted by Gasteiger charge is 2.48. The smallest absolute Gasteiger partial charge is 0.133 e. The third kappa shape index (κ3) is 3.37. The zero-order valence-electron chi connectivity index (χ0n) is 15.5. The Labute approximate surface area is 131 Å². The van der Waals surface area contributed by atoms with Crippen molar-refractivity contribution in [2.75, 3.05) is 6.66 Å². The largest absolute Gasteiger partial charge is 0.381 e. The summed E-state index contributed by atoms with van der Waals surface area (Å²) in [6, 6.07) is 0. The molecule has 0 aromatic heterocycles. The molecule has 21 heavy (non-hydrogen) atoms. The first-order valence-electron chi connectivity index (χ1n) is 7.71. The SMILES string of the molecule is CC(C)(C)C1=CC(O)(C(C)(C)C)C=C(C(C)(C)C)P1(C)=O. The number of aliphatic hydroxyl groups is 1. The molecule has 0 aromatic carbocycles. The van der Waals surface area contributed by atoms with Gasteiger partial charge in [-0.25, -0.2) is 0 Å². The first-order valence-corrected chi connectivity index (χ1v) is 9.86. The first-order chi connectivity index (χ1) is 8.93. The summed E-state index contributed by atoms with van der Waals surface area (Å²) < 4.78 is 13.6. The van der Waals surface area contributed by atoms with E-state index in [0.29, 0.717) is 0 Å². The summed E-state index contributed by atoms with van der Waals surface area (Å²) in [7, 11) is -2.64. The molecule has 122 valence electrons. The molecule has 1 N–H and O–H groups in total. The van der Waals surface area contributed by atoms with Gasteiger partial charge in [0.05, 0.1) is 0 Å².